The minimum absolute atomic E-state index is 0.222. The van der Waals surface area contributed by atoms with E-state index in [0.717, 1.165) is 23.7 Å². The highest BCUT2D eigenvalue weighted by Crippen LogP contribution is 2.29. The molecule has 1 nitrogen and oxygen atoms in total. The molecule has 98 valence electrons. The fourth-order valence-corrected chi connectivity index (χ4v) is 2.79. The number of rotatable bonds is 2. The molecule has 0 spiro atoms. The van der Waals surface area contributed by atoms with E-state index in [1.165, 1.54) is 30.9 Å². The molecule has 1 unspecified atom stereocenters. The van der Waals surface area contributed by atoms with Crippen LogP contribution in [0, 0.1) is 5.82 Å². The van der Waals surface area contributed by atoms with Crippen molar-refractivity contribution < 1.29 is 4.39 Å². The van der Waals surface area contributed by atoms with E-state index in [1.54, 1.807) is 6.07 Å². The van der Waals surface area contributed by atoms with Crippen molar-refractivity contribution >= 4 is 15.9 Å². The van der Waals surface area contributed by atoms with E-state index < -0.39 is 0 Å². The van der Waals surface area contributed by atoms with Crippen molar-refractivity contribution in [3.05, 3.63) is 45.7 Å². The van der Waals surface area contributed by atoms with Crippen LogP contribution in [0.3, 0.4) is 0 Å². The topological polar surface area (TPSA) is 26.0 Å². The molecule has 1 aromatic rings. The first kappa shape index (κ1) is 13.8. The van der Waals surface area contributed by atoms with Crippen LogP contribution in [0.4, 0.5) is 4.39 Å². The molecule has 0 aromatic heterocycles. The lowest BCUT2D eigenvalue weighted by Crippen LogP contribution is -2.15. The summed E-state index contributed by atoms with van der Waals surface area (Å²) < 4.78 is 14.7. The zero-order valence-corrected chi connectivity index (χ0v) is 12.0. The van der Waals surface area contributed by atoms with Crippen molar-refractivity contribution in [2.24, 2.45) is 5.73 Å². The lowest BCUT2D eigenvalue weighted by atomic mass is 9.91. The number of nitrogens with two attached hydrogens (primary N) is 1. The van der Waals surface area contributed by atoms with Crippen molar-refractivity contribution in [3.8, 4) is 0 Å². The second-order valence-corrected chi connectivity index (χ2v) is 5.79. The first-order chi connectivity index (χ1) is 8.68. The molecular weight excluding hydrogens is 293 g/mol. The largest absolute Gasteiger partial charge is 0.320 e. The maximum atomic E-state index is 13.9. The Kier molecular flexibility index (Phi) is 4.95. The highest BCUT2D eigenvalue weighted by molar-refractivity contribution is 9.10. The summed E-state index contributed by atoms with van der Waals surface area (Å²) in [6.07, 6.45) is 9.22. The first-order valence-corrected chi connectivity index (χ1v) is 7.37. The Morgan fingerprint density at radius 3 is 2.72 bits per heavy atom. The molecule has 2 rings (SSSR count). The van der Waals surface area contributed by atoms with Crippen LogP contribution in [-0.2, 0) is 0 Å². The first-order valence-electron chi connectivity index (χ1n) is 6.58. The van der Waals surface area contributed by atoms with Gasteiger partial charge in [-0.15, -0.1) is 0 Å². The molecule has 0 saturated carbocycles. The molecule has 1 aromatic carbocycles. The van der Waals surface area contributed by atoms with Crippen LogP contribution in [0.25, 0.3) is 0 Å². The molecule has 0 heterocycles. The van der Waals surface area contributed by atoms with Crippen LogP contribution in [-0.4, -0.2) is 0 Å². The maximum absolute atomic E-state index is 13.9. The van der Waals surface area contributed by atoms with Crippen LogP contribution in [0.5, 0.6) is 0 Å². The van der Waals surface area contributed by atoms with E-state index in [2.05, 4.69) is 22.0 Å². The summed E-state index contributed by atoms with van der Waals surface area (Å²) in [6.45, 7) is 0. The number of hydrogen-bond acceptors (Lipinski definition) is 1. The van der Waals surface area contributed by atoms with E-state index in [9.17, 15) is 4.39 Å². The molecule has 2 N–H and O–H groups in total. The van der Waals surface area contributed by atoms with Crippen LogP contribution in [0.2, 0.25) is 0 Å². The lowest BCUT2D eigenvalue weighted by molar-refractivity contribution is 0.573. The van der Waals surface area contributed by atoms with Gasteiger partial charge in [-0.3, -0.25) is 0 Å². The summed E-state index contributed by atoms with van der Waals surface area (Å²) in [5.74, 6) is -0.222. The lowest BCUT2D eigenvalue weighted by Gasteiger charge is -2.19. The van der Waals surface area contributed by atoms with Gasteiger partial charge in [0.25, 0.3) is 0 Å². The van der Waals surface area contributed by atoms with Crippen LogP contribution >= 0.6 is 15.9 Å². The molecule has 1 atom stereocenters. The predicted molar refractivity (Wildman–Crippen MR) is 76.8 cm³/mol. The second kappa shape index (κ2) is 6.48. The minimum Gasteiger partial charge on any atom is -0.320 e. The van der Waals surface area contributed by atoms with Gasteiger partial charge >= 0.3 is 0 Å². The van der Waals surface area contributed by atoms with Crippen molar-refractivity contribution in [2.75, 3.05) is 0 Å². The predicted octanol–water partition coefficient (Wildman–Crippen LogP) is 4.87. The van der Waals surface area contributed by atoms with Crippen LogP contribution < -0.4 is 5.73 Å². The van der Waals surface area contributed by atoms with Crippen molar-refractivity contribution in [2.45, 2.75) is 44.6 Å². The summed E-state index contributed by atoms with van der Waals surface area (Å²) in [6, 6.07) is 4.82. The maximum Gasteiger partial charge on any atom is 0.129 e. The quantitative estimate of drug-likeness (QED) is 0.775. The Bertz CT molecular complexity index is 442. The van der Waals surface area contributed by atoms with Gasteiger partial charge in [0.05, 0.1) is 6.04 Å². The number of allylic oxidation sites excluding steroid dienone is 1. The van der Waals surface area contributed by atoms with Gasteiger partial charge in [0.2, 0.25) is 0 Å². The molecule has 0 saturated heterocycles. The van der Waals surface area contributed by atoms with E-state index in [1.807, 2.05) is 6.07 Å². The monoisotopic (exact) mass is 311 g/mol. The average Bonchev–Trinajstić information content (AvgIpc) is 2.27. The van der Waals surface area contributed by atoms with Crippen LogP contribution in [0.1, 0.15) is 50.1 Å². The SMILES string of the molecule is NC(/C1=C/CCCCCC1)c1ccc(Br)cc1F. The van der Waals surface area contributed by atoms with E-state index in [0.29, 0.717) is 5.56 Å². The summed E-state index contributed by atoms with van der Waals surface area (Å²) >= 11 is 3.27. The van der Waals surface area contributed by atoms with Crippen molar-refractivity contribution in [1.82, 2.24) is 0 Å². The Balaban J connectivity index is 2.20. The Morgan fingerprint density at radius 1 is 1.17 bits per heavy atom. The number of hydrogen-bond donors (Lipinski definition) is 1. The summed E-state index contributed by atoms with van der Waals surface area (Å²) in [5, 5.41) is 0. The van der Waals surface area contributed by atoms with Crippen LogP contribution in [0.15, 0.2) is 34.3 Å². The van der Waals surface area contributed by atoms with Crippen molar-refractivity contribution in [3.63, 3.8) is 0 Å². The van der Waals surface area contributed by atoms with Crippen molar-refractivity contribution in [1.29, 1.82) is 0 Å². The molecule has 0 aliphatic heterocycles. The van der Waals surface area contributed by atoms with Gasteiger partial charge in [0, 0.05) is 10.0 Å². The van der Waals surface area contributed by atoms with Gasteiger partial charge in [-0.25, -0.2) is 4.39 Å². The summed E-state index contributed by atoms with van der Waals surface area (Å²) in [5.41, 5.74) is 8.01. The Morgan fingerprint density at radius 2 is 1.94 bits per heavy atom. The molecule has 1 aliphatic carbocycles. The third-order valence-corrected chi connectivity index (χ3v) is 4.02. The molecule has 0 radical (unpaired) electrons. The normalized spacial score (nSPS) is 21.6. The fourth-order valence-electron chi connectivity index (χ4n) is 2.45. The van der Waals surface area contributed by atoms with Gasteiger partial charge in [-0.1, -0.05) is 46.5 Å². The second-order valence-electron chi connectivity index (χ2n) is 4.88. The third kappa shape index (κ3) is 3.42. The number of benzene rings is 1. The molecule has 18 heavy (non-hydrogen) atoms. The molecular formula is C15H19BrFN. The highest BCUT2D eigenvalue weighted by Gasteiger charge is 2.16. The minimum atomic E-state index is -0.295. The van der Waals surface area contributed by atoms with E-state index in [-0.39, 0.29) is 11.9 Å². The highest BCUT2D eigenvalue weighted by atomic mass is 79.9. The molecule has 1 aliphatic rings. The van der Waals surface area contributed by atoms with Gasteiger partial charge in [0.1, 0.15) is 5.82 Å². The third-order valence-electron chi connectivity index (χ3n) is 3.52. The average molecular weight is 312 g/mol. The molecule has 0 fully saturated rings. The zero-order chi connectivity index (χ0) is 13.0. The zero-order valence-electron chi connectivity index (χ0n) is 10.5. The summed E-state index contributed by atoms with van der Waals surface area (Å²) in [7, 11) is 0. The summed E-state index contributed by atoms with van der Waals surface area (Å²) in [4.78, 5) is 0. The van der Waals surface area contributed by atoms with E-state index in [4.69, 9.17) is 5.73 Å². The smallest absolute Gasteiger partial charge is 0.129 e. The number of halogens is 2. The van der Waals surface area contributed by atoms with Gasteiger partial charge in [-0.05, 0) is 37.8 Å². The molecule has 0 amide bonds. The standard InChI is InChI=1S/C15H19BrFN/c16-12-8-9-13(14(17)10-12)15(18)11-6-4-2-1-3-5-7-11/h6,8-10,15H,1-5,7,18H2/b11-6+. The van der Waals surface area contributed by atoms with Gasteiger partial charge in [-0.2, -0.15) is 0 Å². The molecule has 0 bridgehead atoms. The molecule has 3 heteroatoms. The fraction of sp³-hybridized carbons (Fsp3) is 0.467. The Hall–Kier alpha value is -0.670. The van der Waals surface area contributed by atoms with Gasteiger partial charge in [0.15, 0.2) is 0 Å². The van der Waals surface area contributed by atoms with E-state index >= 15 is 0 Å². The van der Waals surface area contributed by atoms with Gasteiger partial charge < -0.3 is 5.73 Å². The Labute approximate surface area is 116 Å².